The molecule has 0 saturated carbocycles. The van der Waals surface area contributed by atoms with Gasteiger partial charge in [0.2, 0.25) is 5.91 Å². The molecule has 4 rings (SSSR count). The number of nitrogens with zero attached hydrogens (tertiary/aromatic N) is 5. The molecule has 0 unspecified atom stereocenters. The van der Waals surface area contributed by atoms with E-state index < -0.39 is 9.85 Å². The molecule has 2 aliphatic heterocycles. The maximum atomic E-state index is 13.4. The van der Waals surface area contributed by atoms with E-state index in [2.05, 4.69) is 10.1 Å². The first kappa shape index (κ1) is 27.3. The molecule has 0 aliphatic carbocycles. The van der Waals surface area contributed by atoms with Crippen LogP contribution in [0.5, 0.6) is 0 Å². The first-order valence-corrected chi connectivity index (χ1v) is 12.4. The number of non-ortho nitro benzene ring substituents is 2. The van der Waals surface area contributed by atoms with Gasteiger partial charge in [-0.05, 0) is 47.5 Å². The molecule has 0 aromatic heterocycles. The van der Waals surface area contributed by atoms with Crippen LogP contribution in [-0.2, 0) is 9.59 Å². The quantitative estimate of drug-likeness (QED) is 0.244. The molecule has 202 valence electrons. The molecule has 2 heterocycles. The van der Waals surface area contributed by atoms with Gasteiger partial charge in [0.05, 0.1) is 15.6 Å². The number of nitro groups is 2. The van der Waals surface area contributed by atoms with Crippen molar-refractivity contribution in [2.45, 2.75) is 19.3 Å². The van der Waals surface area contributed by atoms with Crippen LogP contribution in [0.1, 0.15) is 30.4 Å². The lowest BCUT2D eigenvalue weighted by atomic mass is 9.94. The Morgan fingerprint density at radius 3 is 1.74 bits per heavy atom. The molecule has 0 atom stereocenters. The second kappa shape index (κ2) is 12.2. The number of likely N-dealkylation sites (tertiary alicyclic amines) is 2. The standard InChI is InChI=1S/C27H27N5O7/c33-26(11-14-29-12-9-23(28-35)10-13-29)30-17-21(15-19-1-5-24(6-2-19)31(36)37)27(34)22(18-30)16-20-3-7-25(8-4-20)32(38)39/h1-8,15-16,35H,9-14,17-18H2/b21-15+,22-16+. The Bertz CT molecular complexity index is 1270. The third-order valence-corrected chi connectivity index (χ3v) is 6.76. The first-order valence-electron chi connectivity index (χ1n) is 12.4. The van der Waals surface area contributed by atoms with Crippen LogP contribution in [0, 0.1) is 20.2 Å². The summed E-state index contributed by atoms with van der Waals surface area (Å²) in [5, 5.41) is 34.2. The Morgan fingerprint density at radius 2 is 1.33 bits per heavy atom. The molecule has 1 amide bonds. The van der Waals surface area contributed by atoms with Crippen molar-refractivity contribution in [3.63, 3.8) is 0 Å². The average molecular weight is 534 g/mol. The highest BCUT2D eigenvalue weighted by Crippen LogP contribution is 2.24. The molecule has 2 saturated heterocycles. The van der Waals surface area contributed by atoms with Crippen LogP contribution in [0.2, 0.25) is 0 Å². The van der Waals surface area contributed by atoms with Crippen molar-refractivity contribution >= 4 is 40.9 Å². The number of oxime groups is 1. The van der Waals surface area contributed by atoms with Crippen molar-refractivity contribution in [1.82, 2.24) is 9.80 Å². The number of carbonyl (C=O) groups is 2. The zero-order valence-corrected chi connectivity index (χ0v) is 21.1. The summed E-state index contributed by atoms with van der Waals surface area (Å²) in [6, 6.07) is 11.6. The second-order valence-electron chi connectivity index (χ2n) is 9.37. The van der Waals surface area contributed by atoms with Crippen molar-refractivity contribution in [2.75, 3.05) is 32.7 Å². The summed E-state index contributed by atoms with van der Waals surface area (Å²) in [6.07, 6.45) is 4.78. The molecule has 1 N–H and O–H groups in total. The van der Waals surface area contributed by atoms with Crippen molar-refractivity contribution < 1.29 is 24.6 Å². The van der Waals surface area contributed by atoms with Crippen LogP contribution >= 0.6 is 0 Å². The smallest absolute Gasteiger partial charge is 0.269 e. The van der Waals surface area contributed by atoms with Gasteiger partial charge in [0.15, 0.2) is 5.78 Å². The molecule has 0 bridgehead atoms. The van der Waals surface area contributed by atoms with Gasteiger partial charge in [-0.15, -0.1) is 0 Å². The van der Waals surface area contributed by atoms with Crippen LogP contribution in [0.25, 0.3) is 12.2 Å². The Kier molecular flexibility index (Phi) is 8.56. The molecule has 12 heteroatoms. The number of hydrogen-bond donors (Lipinski definition) is 1. The molecule has 2 aromatic rings. The molecular weight excluding hydrogens is 506 g/mol. The lowest BCUT2D eigenvalue weighted by Gasteiger charge is -2.32. The number of ketones is 1. The third kappa shape index (κ3) is 6.99. The Hall–Kier alpha value is -4.71. The maximum absolute atomic E-state index is 13.4. The second-order valence-corrected chi connectivity index (χ2v) is 9.37. The summed E-state index contributed by atoms with van der Waals surface area (Å²) in [5.74, 6) is -0.393. The Morgan fingerprint density at radius 1 is 0.872 bits per heavy atom. The van der Waals surface area contributed by atoms with E-state index in [-0.39, 0.29) is 42.6 Å². The zero-order chi connectivity index (χ0) is 27.9. The molecule has 39 heavy (non-hydrogen) atoms. The number of carbonyl (C=O) groups excluding carboxylic acids is 2. The lowest BCUT2D eigenvalue weighted by molar-refractivity contribution is -0.385. The maximum Gasteiger partial charge on any atom is 0.269 e. The predicted molar refractivity (Wildman–Crippen MR) is 143 cm³/mol. The summed E-state index contributed by atoms with van der Waals surface area (Å²) in [7, 11) is 0. The monoisotopic (exact) mass is 533 g/mol. The van der Waals surface area contributed by atoms with Crippen LogP contribution < -0.4 is 0 Å². The van der Waals surface area contributed by atoms with Crippen molar-refractivity contribution in [2.24, 2.45) is 5.16 Å². The van der Waals surface area contributed by atoms with E-state index in [1.165, 1.54) is 24.3 Å². The van der Waals surface area contributed by atoms with Gasteiger partial charge in [-0.25, -0.2) is 0 Å². The molecule has 2 fully saturated rings. The van der Waals surface area contributed by atoms with E-state index in [9.17, 15) is 29.8 Å². The van der Waals surface area contributed by atoms with Gasteiger partial charge in [-0.3, -0.25) is 29.8 Å². The fourth-order valence-corrected chi connectivity index (χ4v) is 4.55. The largest absolute Gasteiger partial charge is 0.411 e. The fourth-order valence-electron chi connectivity index (χ4n) is 4.55. The average Bonchev–Trinajstić information content (AvgIpc) is 2.94. The number of rotatable bonds is 7. The molecular formula is C27H27N5O7. The summed E-state index contributed by atoms with van der Waals surface area (Å²) >= 11 is 0. The molecule has 2 aliphatic rings. The lowest BCUT2D eigenvalue weighted by Crippen LogP contribution is -2.43. The summed E-state index contributed by atoms with van der Waals surface area (Å²) in [5.41, 5.74) is 2.49. The van der Waals surface area contributed by atoms with Gasteiger partial charge in [-0.2, -0.15) is 0 Å². The van der Waals surface area contributed by atoms with Gasteiger partial charge in [0.25, 0.3) is 11.4 Å². The highest BCUT2D eigenvalue weighted by molar-refractivity contribution is 6.15. The van der Waals surface area contributed by atoms with Crippen LogP contribution in [-0.4, -0.2) is 75.0 Å². The topological polar surface area (TPSA) is 159 Å². The number of nitro benzene ring substituents is 2. The number of benzene rings is 2. The van der Waals surface area contributed by atoms with Gasteiger partial charge in [-0.1, -0.05) is 5.16 Å². The highest BCUT2D eigenvalue weighted by atomic mass is 16.6. The highest BCUT2D eigenvalue weighted by Gasteiger charge is 2.29. The van der Waals surface area contributed by atoms with Crippen LogP contribution in [0.3, 0.4) is 0 Å². The zero-order valence-electron chi connectivity index (χ0n) is 21.1. The number of piperidine rings is 2. The summed E-state index contributed by atoms with van der Waals surface area (Å²) < 4.78 is 0. The van der Waals surface area contributed by atoms with E-state index in [0.29, 0.717) is 54.7 Å². The molecule has 2 aromatic carbocycles. The van der Waals surface area contributed by atoms with Crippen LogP contribution in [0.15, 0.2) is 64.8 Å². The molecule has 12 nitrogen and oxygen atoms in total. The number of hydrogen-bond acceptors (Lipinski definition) is 9. The normalized spacial score (nSPS) is 18.4. The molecule has 0 radical (unpaired) electrons. The van der Waals surface area contributed by atoms with E-state index in [0.717, 1.165) is 5.71 Å². The minimum atomic E-state index is -0.506. The number of Topliss-reactive ketones (excluding diaryl/α,β-unsaturated/α-hetero) is 1. The predicted octanol–water partition coefficient (Wildman–Crippen LogP) is 3.70. The summed E-state index contributed by atoms with van der Waals surface area (Å²) in [6.45, 7) is 2.11. The van der Waals surface area contributed by atoms with Gasteiger partial charge >= 0.3 is 0 Å². The SMILES string of the molecule is O=C1/C(=C/c2ccc([N+](=O)[O-])cc2)CN(C(=O)CCN2CCC(=NO)CC2)C/C1=C\c1ccc([N+](=O)[O-])cc1. The first-order chi connectivity index (χ1) is 18.7. The van der Waals surface area contributed by atoms with Gasteiger partial charge < -0.3 is 15.0 Å². The van der Waals surface area contributed by atoms with Crippen molar-refractivity contribution in [1.29, 1.82) is 0 Å². The third-order valence-electron chi connectivity index (χ3n) is 6.76. The van der Waals surface area contributed by atoms with Crippen molar-refractivity contribution in [3.05, 3.63) is 91.0 Å². The number of amides is 1. The fraction of sp³-hybridized carbons (Fsp3) is 0.296. The van der Waals surface area contributed by atoms with E-state index in [1.54, 1.807) is 41.3 Å². The summed E-state index contributed by atoms with van der Waals surface area (Å²) in [4.78, 5) is 51.3. The Balaban J connectivity index is 1.56. The molecule has 0 spiro atoms. The Labute approximate surface area is 223 Å². The minimum absolute atomic E-state index is 0.0715. The van der Waals surface area contributed by atoms with E-state index in [1.807, 2.05) is 0 Å². The van der Waals surface area contributed by atoms with E-state index in [4.69, 9.17) is 5.21 Å². The van der Waals surface area contributed by atoms with Crippen molar-refractivity contribution in [3.8, 4) is 0 Å². The minimum Gasteiger partial charge on any atom is -0.411 e. The van der Waals surface area contributed by atoms with Crippen LogP contribution in [0.4, 0.5) is 11.4 Å². The van der Waals surface area contributed by atoms with Gasteiger partial charge in [0.1, 0.15) is 0 Å². The van der Waals surface area contributed by atoms with Gasteiger partial charge in [0, 0.05) is 87.4 Å². The van der Waals surface area contributed by atoms with E-state index >= 15 is 0 Å².